The molecule has 112 valence electrons. The molecule has 21 heavy (non-hydrogen) atoms. The molecule has 6 heteroatoms. The number of carbonyl (C=O) groups is 2. The van der Waals surface area contributed by atoms with Gasteiger partial charge in [-0.1, -0.05) is 28.1 Å². The average molecular weight is 370 g/mol. The first kappa shape index (κ1) is 16.3. The Bertz CT molecular complexity index is 538. The van der Waals surface area contributed by atoms with E-state index in [4.69, 9.17) is 17.0 Å². The number of hydrogen-bond acceptors (Lipinski definition) is 5. The van der Waals surface area contributed by atoms with Gasteiger partial charge in [0.05, 0.1) is 0 Å². The van der Waals surface area contributed by atoms with Gasteiger partial charge in [-0.25, -0.2) is 4.79 Å². The number of nitrogens with one attached hydrogen (secondary N) is 1. The Labute approximate surface area is 137 Å². The van der Waals surface area contributed by atoms with Gasteiger partial charge in [-0.15, -0.1) is 0 Å². The van der Waals surface area contributed by atoms with E-state index in [0.717, 1.165) is 23.9 Å². The zero-order chi connectivity index (χ0) is 15.2. The summed E-state index contributed by atoms with van der Waals surface area (Å²) in [5.41, 5.74) is 0.629. The van der Waals surface area contributed by atoms with Crippen LogP contribution in [0.25, 0.3) is 0 Å². The minimum absolute atomic E-state index is 0.0140. The Morgan fingerprint density at radius 1 is 1.29 bits per heavy atom. The van der Waals surface area contributed by atoms with Crippen LogP contribution in [0.4, 0.5) is 0 Å². The highest BCUT2D eigenvalue weighted by Crippen LogP contribution is 2.13. The Hall–Kier alpha value is -1.11. The monoisotopic (exact) mass is 369 g/mol. The van der Waals surface area contributed by atoms with Crippen molar-refractivity contribution in [2.24, 2.45) is 0 Å². The van der Waals surface area contributed by atoms with Crippen molar-refractivity contribution in [1.82, 2.24) is 5.32 Å². The lowest BCUT2D eigenvalue weighted by atomic mass is 10.1. The van der Waals surface area contributed by atoms with Gasteiger partial charge in [0.25, 0.3) is 0 Å². The highest BCUT2D eigenvalue weighted by atomic mass is 79.9. The van der Waals surface area contributed by atoms with Crippen LogP contribution in [0.3, 0.4) is 0 Å². The Morgan fingerprint density at radius 2 is 2.00 bits per heavy atom. The largest absolute Gasteiger partial charge is 0.418 e. The van der Waals surface area contributed by atoms with Crippen molar-refractivity contribution < 1.29 is 14.3 Å². The van der Waals surface area contributed by atoms with E-state index in [0.29, 0.717) is 5.56 Å². The van der Waals surface area contributed by atoms with Crippen LogP contribution < -0.4 is 5.32 Å². The van der Waals surface area contributed by atoms with E-state index in [1.165, 1.54) is 0 Å². The summed E-state index contributed by atoms with van der Waals surface area (Å²) in [6, 6.07) is 6.88. The molecular formula is C15H16BrNO3S. The summed E-state index contributed by atoms with van der Waals surface area (Å²) in [4.78, 5) is 23.7. The third kappa shape index (κ3) is 4.98. The molecule has 1 aromatic carbocycles. The second-order valence-corrected chi connectivity index (χ2v) is 6.24. The van der Waals surface area contributed by atoms with Crippen LogP contribution >= 0.6 is 28.1 Å². The standard InChI is InChI=1S/C15H16BrNO3S/c16-11-5-3-10(4-6-11)13(18)7-8-14(21)20-15(19)12-2-1-9-17-12/h3-6,12,17H,1-2,7-9H2/t12-/m0/s1. The fourth-order valence-corrected chi connectivity index (χ4v) is 2.56. The highest BCUT2D eigenvalue weighted by molar-refractivity contribution is 9.10. The predicted molar refractivity (Wildman–Crippen MR) is 87.4 cm³/mol. The number of ether oxygens (including phenoxy) is 1. The summed E-state index contributed by atoms with van der Waals surface area (Å²) in [7, 11) is 0. The topological polar surface area (TPSA) is 55.4 Å². The Morgan fingerprint density at radius 3 is 2.62 bits per heavy atom. The van der Waals surface area contributed by atoms with E-state index in [2.05, 4.69) is 21.2 Å². The number of hydrogen-bond donors (Lipinski definition) is 1. The zero-order valence-electron chi connectivity index (χ0n) is 11.4. The van der Waals surface area contributed by atoms with Crippen LogP contribution in [0, 0.1) is 0 Å². The molecular weight excluding hydrogens is 354 g/mol. The van der Waals surface area contributed by atoms with Crippen molar-refractivity contribution in [2.75, 3.05) is 6.54 Å². The number of benzene rings is 1. The molecule has 1 aliphatic rings. The smallest absolute Gasteiger partial charge is 0.329 e. The number of carbonyl (C=O) groups excluding carboxylic acids is 2. The molecule has 0 saturated carbocycles. The maximum atomic E-state index is 12.0. The number of ketones is 1. The van der Waals surface area contributed by atoms with Gasteiger partial charge in [-0.3, -0.25) is 4.79 Å². The lowest BCUT2D eigenvalue weighted by Gasteiger charge is -2.10. The number of thiocarbonyl (C=S) groups is 1. The van der Waals surface area contributed by atoms with Crippen LogP contribution in [0.1, 0.15) is 36.0 Å². The van der Waals surface area contributed by atoms with Gasteiger partial charge >= 0.3 is 5.97 Å². The van der Waals surface area contributed by atoms with Gasteiger partial charge in [0.2, 0.25) is 0 Å². The third-order valence-corrected chi connectivity index (χ3v) is 4.10. The zero-order valence-corrected chi connectivity index (χ0v) is 13.8. The summed E-state index contributed by atoms with van der Waals surface area (Å²) in [6.45, 7) is 0.828. The molecule has 0 amide bonds. The Balaban J connectivity index is 1.76. The van der Waals surface area contributed by atoms with Crippen molar-refractivity contribution in [3.05, 3.63) is 34.3 Å². The van der Waals surface area contributed by atoms with Crippen molar-refractivity contribution in [1.29, 1.82) is 0 Å². The molecule has 4 nitrogen and oxygen atoms in total. The van der Waals surface area contributed by atoms with Crippen LogP contribution in [0.15, 0.2) is 28.7 Å². The minimum Gasteiger partial charge on any atom is -0.418 e. The fraction of sp³-hybridized carbons (Fsp3) is 0.400. The molecule has 1 heterocycles. The first-order chi connectivity index (χ1) is 10.1. The van der Waals surface area contributed by atoms with Crippen LogP contribution in [0.2, 0.25) is 0 Å². The quantitative estimate of drug-likeness (QED) is 0.491. The lowest BCUT2D eigenvalue weighted by Crippen LogP contribution is -2.33. The second kappa shape index (κ2) is 7.77. The number of rotatable bonds is 5. The van der Waals surface area contributed by atoms with Gasteiger partial charge in [-0.05, 0) is 43.7 Å². The molecule has 0 aliphatic carbocycles. The van der Waals surface area contributed by atoms with Crippen molar-refractivity contribution in [3.8, 4) is 0 Å². The van der Waals surface area contributed by atoms with E-state index < -0.39 is 0 Å². The summed E-state index contributed by atoms with van der Waals surface area (Å²) >= 11 is 8.34. The molecule has 1 aliphatic heterocycles. The molecule has 0 aromatic heterocycles. The van der Waals surface area contributed by atoms with E-state index in [1.807, 2.05) is 12.1 Å². The predicted octanol–water partition coefficient (Wildman–Crippen LogP) is 3.03. The molecule has 1 N–H and O–H groups in total. The highest BCUT2D eigenvalue weighted by Gasteiger charge is 2.24. The van der Waals surface area contributed by atoms with E-state index in [-0.39, 0.29) is 35.7 Å². The van der Waals surface area contributed by atoms with Crippen LogP contribution in [-0.2, 0) is 9.53 Å². The molecule has 1 saturated heterocycles. The van der Waals surface area contributed by atoms with Gasteiger partial charge < -0.3 is 10.1 Å². The molecule has 2 rings (SSSR count). The van der Waals surface area contributed by atoms with Gasteiger partial charge in [0.15, 0.2) is 10.8 Å². The molecule has 1 fully saturated rings. The third-order valence-electron chi connectivity index (χ3n) is 3.28. The molecule has 1 aromatic rings. The first-order valence-electron chi connectivity index (χ1n) is 6.83. The normalized spacial score (nSPS) is 17.5. The molecule has 0 bridgehead atoms. The van der Waals surface area contributed by atoms with Crippen molar-refractivity contribution >= 4 is 45.0 Å². The summed E-state index contributed by atoms with van der Waals surface area (Å²) < 4.78 is 6.03. The van der Waals surface area contributed by atoms with E-state index in [1.54, 1.807) is 12.1 Å². The maximum Gasteiger partial charge on any atom is 0.329 e. The molecule has 1 atom stereocenters. The summed E-state index contributed by atoms with van der Waals surface area (Å²) in [5, 5.41) is 3.23. The average Bonchev–Trinajstić information content (AvgIpc) is 3.00. The molecule has 0 spiro atoms. The maximum absolute atomic E-state index is 12.0. The van der Waals surface area contributed by atoms with E-state index in [9.17, 15) is 9.59 Å². The SMILES string of the molecule is O=C(CCC(=S)OC(=O)[C@@H]1CCCN1)c1ccc(Br)cc1. The van der Waals surface area contributed by atoms with Gasteiger partial charge in [-0.2, -0.15) is 0 Å². The Kier molecular flexibility index (Phi) is 6.02. The molecule has 0 radical (unpaired) electrons. The summed E-state index contributed by atoms with van der Waals surface area (Å²) in [6.07, 6.45) is 2.27. The number of halogens is 1. The van der Waals surface area contributed by atoms with Crippen LogP contribution in [0.5, 0.6) is 0 Å². The van der Waals surface area contributed by atoms with Crippen LogP contribution in [-0.4, -0.2) is 29.4 Å². The number of Topliss-reactive ketones (excluding diaryl/α,β-unsaturated/α-hetero) is 1. The first-order valence-corrected chi connectivity index (χ1v) is 8.03. The minimum atomic E-state index is -0.339. The van der Waals surface area contributed by atoms with Crippen molar-refractivity contribution in [3.63, 3.8) is 0 Å². The lowest BCUT2D eigenvalue weighted by molar-refractivity contribution is -0.137. The fourth-order valence-electron chi connectivity index (χ4n) is 2.12. The van der Waals surface area contributed by atoms with E-state index >= 15 is 0 Å². The molecule has 0 unspecified atom stereocenters. The van der Waals surface area contributed by atoms with Gasteiger partial charge in [0, 0.05) is 22.9 Å². The van der Waals surface area contributed by atoms with Crippen molar-refractivity contribution in [2.45, 2.75) is 31.7 Å². The summed E-state index contributed by atoms with van der Waals surface area (Å²) in [5.74, 6) is -0.353. The number of esters is 1. The van der Waals surface area contributed by atoms with Gasteiger partial charge in [0.1, 0.15) is 6.04 Å². The second-order valence-electron chi connectivity index (χ2n) is 4.87.